The monoisotopic (exact) mass is 328 g/mol. The number of nitrogens with zero attached hydrogens (tertiary/aromatic N) is 2. The molecule has 0 saturated carbocycles. The van der Waals surface area contributed by atoms with Gasteiger partial charge in [0.1, 0.15) is 11.6 Å². The summed E-state index contributed by atoms with van der Waals surface area (Å²) in [6.45, 7) is 1.98. The van der Waals surface area contributed by atoms with Gasteiger partial charge in [-0.2, -0.15) is 0 Å². The minimum atomic E-state index is -0.0843. The Hall–Kier alpha value is -3.40. The topological polar surface area (TPSA) is 48.0 Å². The molecule has 2 aromatic carbocycles. The number of para-hydroxylation sites is 2. The lowest BCUT2D eigenvalue weighted by atomic mass is 10.1. The number of hydrogen-bond donors (Lipinski definition) is 0. The number of furan rings is 1. The van der Waals surface area contributed by atoms with Crippen molar-refractivity contribution < 1.29 is 4.42 Å². The second-order valence-corrected chi connectivity index (χ2v) is 5.76. The molecule has 0 bridgehead atoms. The lowest BCUT2D eigenvalue weighted by Gasteiger charge is -2.13. The van der Waals surface area contributed by atoms with Crippen LogP contribution in [-0.4, -0.2) is 9.55 Å². The molecule has 0 fully saturated rings. The predicted molar refractivity (Wildman–Crippen MR) is 99.7 cm³/mol. The van der Waals surface area contributed by atoms with Gasteiger partial charge in [-0.1, -0.05) is 30.3 Å². The molecule has 0 N–H and O–H groups in total. The molecule has 0 aliphatic carbocycles. The molecule has 25 heavy (non-hydrogen) atoms. The summed E-state index contributed by atoms with van der Waals surface area (Å²) in [5.74, 6) is 1.27. The van der Waals surface area contributed by atoms with E-state index in [1.54, 1.807) is 23.0 Å². The van der Waals surface area contributed by atoms with Gasteiger partial charge in [-0.3, -0.25) is 9.36 Å². The minimum Gasteiger partial charge on any atom is -0.465 e. The summed E-state index contributed by atoms with van der Waals surface area (Å²) in [6, 6.07) is 18.9. The lowest BCUT2D eigenvalue weighted by molar-refractivity contribution is 0.557. The van der Waals surface area contributed by atoms with Crippen molar-refractivity contribution in [3.63, 3.8) is 0 Å². The van der Waals surface area contributed by atoms with Crippen molar-refractivity contribution in [2.45, 2.75) is 6.92 Å². The molecular weight excluding hydrogens is 312 g/mol. The zero-order chi connectivity index (χ0) is 17.2. The normalized spacial score (nSPS) is 11.4. The molecule has 0 unspecified atom stereocenters. The highest BCUT2D eigenvalue weighted by Crippen LogP contribution is 2.18. The van der Waals surface area contributed by atoms with Gasteiger partial charge in [0, 0.05) is 0 Å². The van der Waals surface area contributed by atoms with E-state index < -0.39 is 0 Å². The molecule has 0 aliphatic heterocycles. The van der Waals surface area contributed by atoms with Crippen LogP contribution in [-0.2, 0) is 0 Å². The summed E-state index contributed by atoms with van der Waals surface area (Å²) >= 11 is 0. The second kappa shape index (κ2) is 6.24. The number of fused-ring (bicyclic) bond motifs is 1. The van der Waals surface area contributed by atoms with Crippen molar-refractivity contribution in [1.82, 2.24) is 9.55 Å². The second-order valence-electron chi connectivity index (χ2n) is 5.76. The maximum atomic E-state index is 13.1. The Bertz CT molecular complexity index is 1120. The summed E-state index contributed by atoms with van der Waals surface area (Å²) in [6.07, 6.45) is 5.23. The molecule has 122 valence electrons. The number of aromatic nitrogens is 2. The van der Waals surface area contributed by atoms with Crippen LogP contribution in [0.5, 0.6) is 0 Å². The minimum absolute atomic E-state index is 0.0843. The fourth-order valence-electron chi connectivity index (χ4n) is 2.85. The molecule has 0 amide bonds. The van der Waals surface area contributed by atoms with Crippen LogP contribution in [0.1, 0.15) is 17.1 Å². The highest BCUT2D eigenvalue weighted by Gasteiger charge is 2.12. The molecule has 0 spiro atoms. The standard InChI is InChI=1S/C21H16N2O2/c1-15-7-2-5-11-19(15)23-20(13-12-16-8-6-14-25-16)22-18-10-4-3-9-17(18)21(23)24/h2-14H,1H3/b13-12+. The molecular formula is C21H16N2O2. The van der Waals surface area contributed by atoms with Crippen molar-refractivity contribution in [1.29, 1.82) is 0 Å². The van der Waals surface area contributed by atoms with Gasteiger partial charge in [0.15, 0.2) is 0 Å². The van der Waals surface area contributed by atoms with Crippen LogP contribution < -0.4 is 5.56 Å². The Morgan fingerprint density at radius 3 is 2.56 bits per heavy atom. The van der Waals surface area contributed by atoms with E-state index in [4.69, 9.17) is 4.42 Å². The van der Waals surface area contributed by atoms with Crippen LogP contribution >= 0.6 is 0 Å². The molecule has 0 aliphatic rings. The molecule has 0 radical (unpaired) electrons. The Morgan fingerprint density at radius 2 is 1.76 bits per heavy atom. The maximum absolute atomic E-state index is 13.1. The summed E-state index contributed by atoms with van der Waals surface area (Å²) in [7, 11) is 0. The van der Waals surface area contributed by atoms with E-state index in [1.165, 1.54) is 0 Å². The third-order valence-electron chi connectivity index (χ3n) is 4.10. The van der Waals surface area contributed by atoms with E-state index in [2.05, 4.69) is 4.98 Å². The SMILES string of the molecule is Cc1ccccc1-n1c(/C=C/c2ccco2)nc2ccccc2c1=O. The zero-order valence-electron chi connectivity index (χ0n) is 13.7. The average molecular weight is 328 g/mol. The summed E-state index contributed by atoms with van der Waals surface area (Å²) in [5, 5.41) is 0.598. The maximum Gasteiger partial charge on any atom is 0.266 e. The van der Waals surface area contributed by atoms with E-state index in [9.17, 15) is 4.79 Å². The van der Waals surface area contributed by atoms with Crippen LogP contribution in [0.15, 0.2) is 76.1 Å². The van der Waals surface area contributed by atoms with E-state index in [-0.39, 0.29) is 5.56 Å². The van der Waals surface area contributed by atoms with Gasteiger partial charge in [-0.15, -0.1) is 0 Å². The van der Waals surface area contributed by atoms with E-state index in [0.29, 0.717) is 22.5 Å². The molecule has 4 heteroatoms. The van der Waals surface area contributed by atoms with Crippen LogP contribution in [0.3, 0.4) is 0 Å². The molecule has 4 aromatic rings. The smallest absolute Gasteiger partial charge is 0.266 e. The van der Waals surface area contributed by atoms with Gasteiger partial charge in [0.25, 0.3) is 5.56 Å². The third-order valence-corrected chi connectivity index (χ3v) is 4.10. The first-order valence-electron chi connectivity index (χ1n) is 8.03. The largest absolute Gasteiger partial charge is 0.465 e. The number of hydrogen-bond acceptors (Lipinski definition) is 3. The summed E-state index contributed by atoms with van der Waals surface area (Å²) < 4.78 is 6.99. The van der Waals surface area contributed by atoms with Crippen LogP contribution in [0, 0.1) is 6.92 Å². The van der Waals surface area contributed by atoms with E-state index >= 15 is 0 Å². The first-order valence-corrected chi connectivity index (χ1v) is 8.03. The van der Waals surface area contributed by atoms with Gasteiger partial charge < -0.3 is 4.42 Å². The number of benzene rings is 2. The van der Waals surface area contributed by atoms with Gasteiger partial charge in [-0.25, -0.2) is 4.98 Å². The first-order chi connectivity index (χ1) is 12.2. The van der Waals surface area contributed by atoms with E-state index in [1.807, 2.05) is 67.6 Å². The van der Waals surface area contributed by atoms with Crippen LogP contribution in [0.25, 0.3) is 28.7 Å². The Labute approximate surface area is 144 Å². The highest BCUT2D eigenvalue weighted by atomic mass is 16.3. The zero-order valence-corrected chi connectivity index (χ0v) is 13.7. The quantitative estimate of drug-likeness (QED) is 0.558. The third kappa shape index (κ3) is 2.78. The first kappa shape index (κ1) is 15.1. The summed E-state index contributed by atoms with van der Waals surface area (Å²) in [4.78, 5) is 17.8. The fraction of sp³-hybridized carbons (Fsp3) is 0.0476. The van der Waals surface area contributed by atoms with Crippen molar-refractivity contribution in [3.05, 3.63) is 94.4 Å². The van der Waals surface area contributed by atoms with Crippen LogP contribution in [0.2, 0.25) is 0 Å². The molecule has 0 atom stereocenters. The van der Waals surface area contributed by atoms with Crippen LogP contribution in [0.4, 0.5) is 0 Å². The lowest BCUT2D eigenvalue weighted by Crippen LogP contribution is -2.23. The van der Waals surface area contributed by atoms with Crippen molar-refractivity contribution >= 4 is 23.1 Å². The van der Waals surface area contributed by atoms with Gasteiger partial charge in [0.2, 0.25) is 0 Å². The van der Waals surface area contributed by atoms with Crippen molar-refractivity contribution in [2.24, 2.45) is 0 Å². The molecule has 0 saturated heterocycles. The number of rotatable bonds is 3. The molecule has 2 aromatic heterocycles. The average Bonchev–Trinajstić information content (AvgIpc) is 3.15. The Morgan fingerprint density at radius 1 is 0.960 bits per heavy atom. The fourth-order valence-corrected chi connectivity index (χ4v) is 2.85. The van der Waals surface area contributed by atoms with E-state index in [0.717, 1.165) is 11.3 Å². The Balaban J connectivity index is 2.01. The van der Waals surface area contributed by atoms with Gasteiger partial charge in [-0.05, 0) is 55.0 Å². The van der Waals surface area contributed by atoms with Crippen molar-refractivity contribution in [3.8, 4) is 5.69 Å². The Kier molecular flexibility index (Phi) is 3.78. The van der Waals surface area contributed by atoms with Crippen molar-refractivity contribution in [2.75, 3.05) is 0 Å². The molecule has 4 rings (SSSR count). The van der Waals surface area contributed by atoms with Gasteiger partial charge >= 0.3 is 0 Å². The summed E-state index contributed by atoms with van der Waals surface area (Å²) in [5.41, 5.74) is 2.43. The molecule has 2 heterocycles. The molecule has 4 nitrogen and oxygen atoms in total. The van der Waals surface area contributed by atoms with Gasteiger partial charge in [0.05, 0.1) is 22.9 Å². The number of aryl methyl sites for hydroxylation is 1. The highest BCUT2D eigenvalue weighted by molar-refractivity contribution is 5.80. The predicted octanol–water partition coefficient (Wildman–Crippen LogP) is 4.46.